The predicted octanol–water partition coefficient (Wildman–Crippen LogP) is 0.972. The Morgan fingerprint density at radius 2 is 1.92 bits per heavy atom. The van der Waals surface area contributed by atoms with Gasteiger partial charge in [0, 0.05) is 6.04 Å². The molecule has 1 N–H and O–H groups in total. The lowest BCUT2D eigenvalue weighted by atomic mass is 10.00. The molecule has 0 bridgehead atoms. The Labute approximate surface area is 80.7 Å². The first kappa shape index (κ1) is 10.5. The van der Waals surface area contributed by atoms with Crippen LogP contribution in [0.1, 0.15) is 26.7 Å². The lowest BCUT2D eigenvalue weighted by molar-refractivity contribution is 0.218. The number of likely N-dealkylation sites (tertiary alicyclic amines) is 1. The van der Waals surface area contributed by atoms with Crippen LogP contribution >= 0.6 is 0 Å². The van der Waals surface area contributed by atoms with Crippen LogP contribution in [0.15, 0.2) is 0 Å². The molecule has 74 valence electrons. The highest BCUT2D eigenvalue weighted by atomic mass is 15.1. The Morgan fingerprint density at radius 3 is 2.38 bits per heavy atom. The van der Waals surface area contributed by atoms with Crippen LogP contribution in [0.4, 0.5) is 0 Å². The van der Waals surface area contributed by atoms with Crippen molar-refractivity contribution >= 4 is 0 Å². The van der Waals surface area contributed by atoms with Crippen LogP contribution in [-0.4, -0.2) is 36.6 Å². The Kier molecular flexibility index (Phi) is 3.29. The van der Waals surface area contributed by atoms with Crippen molar-refractivity contribution in [2.45, 2.75) is 38.3 Å². The molecule has 0 aliphatic carbocycles. The molecule has 0 aromatic carbocycles. The summed E-state index contributed by atoms with van der Waals surface area (Å²) in [5, 5.41) is 12.2. The molecule has 1 rings (SSSR count). The lowest BCUT2D eigenvalue weighted by Crippen LogP contribution is -2.49. The van der Waals surface area contributed by atoms with Gasteiger partial charge >= 0.3 is 0 Å². The van der Waals surface area contributed by atoms with E-state index in [1.54, 1.807) is 0 Å². The molecule has 1 heterocycles. The monoisotopic (exact) mass is 181 g/mol. The van der Waals surface area contributed by atoms with Gasteiger partial charge in [-0.15, -0.1) is 0 Å². The molecule has 1 fully saturated rings. The van der Waals surface area contributed by atoms with Crippen LogP contribution in [0.3, 0.4) is 0 Å². The van der Waals surface area contributed by atoms with Crippen LogP contribution < -0.4 is 5.32 Å². The summed E-state index contributed by atoms with van der Waals surface area (Å²) >= 11 is 0. The van der Waals surface area contributed by atoms with Crippen LogP contribution in [0.2, 0.25) is 0 Å². The second kappa shape index (κ2) is 4.08. The van der Waals surface area contributed by atoms with Gasteiger partial charge < -0.3 is 4.90 Å². The number of nitriles is 1. The highest BCUT2D eigenvalue weighted by Crippen LogP contribution is 2.12. The molecule has 13 heavy (non-hydrogen) atoms. The highest BCUT2D eigenvalue weighted by Gasteiger charge is 2.23. The molecule has 0 atom stereocenters. The summed E-state index contributed by atoms with van der Waals surface area (Å²) < 4.78 is 0. The quantitative estimate of drug-likeness (QED) is 0.690. The molecule has 0 aromatic rings. The lowest BCUT2D eigenvalue weighted by Gasteiger charge is -2.33. The predicted molar refractivity (Wildman–Crippen MR) is 53.3 cm³/mol. The molecule has 0 amide bonds. The van der Waals surface area contributed by atoms with E-state index in [0.29, 0.717) is 6.04 Å². The van der Waals surface area contributed by atoms with Crippen molar-refractivity contribution < 1.29 is 0 Å². The van der Waals surface area contributed by atoms with E-state index in [0.717, 1.165) is 25.9 Å². The number of nitrogens with one attached hydrogen (secondary N) is 1. The Bertz CT molecular complexity index is 197. The van der Waals surface area contributed by atoms with E-state index >= 15 is 0 Å². The van der Waals surface area contributed by atoms with E-state index in [1.807, 2.05) is 13.8 Å². The molecule has 0 unspecified atom stereocenters. The van der Waals surface area contributed by atoms with Crippen LogP contribution in [0.25, 0.3) is 0 Å². The van der Waals surface area contributed by atoms with Gasteiger partial charge in [-0.2, -0.15) is 5.26 Å². The Hall–Kier alpha value is -0.590. The van der Waals surface area contributed by atoms with Crippen molar-refractivity contribution in [1.82, 2.24) is 10.2 Å². The summed E-state index contributed by atoms with van der Waals surface area (Å²) in [5.74, 6) is 0. The zero-order valence-electron chi connectivity index (χ0n) is 8.80. The van der Waals surface area contributed by atoms with Crippen LogP contribution in [-0.2, 0) is 0 Å². The second-order valence-electron chi connectivity index (χ2n) is 4.46. The summed E-state index contributed by atoms with van der Waals surface area (Å²) in [5.41, 5.74) is -0.374. The van der Waals surface area contributed by atoms with Gasteiger partial charge in [-0.05, 0) is 46.8 Å². The summed E-state index contributed by atoms with van der Waals surface area (Å²) in [7, 11) is 2.14. The SMILES string of the molecule is CN1CCC(NC(C)(C)C#N)CC1. The molecule has 1 saturated heterocycles. The molecule has 3 heteroatoms. The largest absolute Gasteiger partial charge is 0.306 e. The first-order chi connectivity index (χ1) is 6.03. The van der Waals surface area contributed by atoms with Gasteiger partial charge in [0.25, 0.3) is 0 Å². The molecule has 0 saturated carbocycles. The topological polar surface area (TPSA) is 39.1 Å². The van der Waals surface area contributed by atoms with E-state index in [9.17, 15) is 0 Å². The molecular formula is C10H19N3. The molecule has 1 aliphatic rings. The molecule has 3 nitrogen and oxygen atoms in total. The maximum Gasteiger partial charge on any atom is 0.101 e. The smallest absolute Gasteiger partial charge is 0.101 e. The fourth-order valence-corrected chi connectivity index (χ4v) is 1.70. The van der Waals surface area contributed by atoms with Crippen LogP contribution in [0, 0.1) is 11.3 Å². The fourth-order valence-electron chi connectivity index (χ4n) is 1.70. The van der Waals surface area contributed by atoms with Crippen molar-refractivity contribution in [2.24, 2.45) is 0 Å². The third-order valence-electron chi connectivity index (χ3n) is 2.56. The van der Waals surface area contributed by atoms with Crippen LogP contribution in [0.5, 0.6) is 0 Å². The fraction of sp³-hybridized carbons (Fsp3) is 0.900. The maximum atomic E-state index is 8.85. The highest BCUT2D eigenvalue weighted by molar-refractivity contribution is 5.01. The summed E-state index contributed by atoms with van der Waals surface area (Å²) in [6, 6.07) is 2.79. The summed E-state index contributed by atoms with van der Waals surface area (Å²) in [6.45, 7) is 6.15. The van der Waals surface area contributed by atoms with E-state index in [2.05, 4.69) is 23.3 Å². The minimum atomic E-state index is -0.374. The van der Waals surface area contributed by atoms with Gasteiger partial charge in [-0.3, -0.25) is 5.32 Å². The van der Waals surface area contributed by atoms with Crippen molar-refractivity contribution in [3.05, 3.63) is 0 Å². The van der Waals surface area contributed by atoms with E-state index < -0.39 is 0 Å². The Balaban J connectivity index is 2.35. The molecule has 1 aliphatic heterocycles. The Morgan fingerprint density at radius 1 is 1.38 bits per heavy atom. The summed E-state index contributed by atoms with van der Waals surface area (Å²) in [4.78, 5) is 2.33. The molecule has 0 spiro atoms. The number of hydrogen-bond acceptors (Lipinski definition) is 3. The van der Waals surface area contributed by atoms with E-state index in [4.69, 9.17) is 5.26 Å². The minimum absolute atomic E-state index is 0.374. The van der Waals surface area contributed by atoms with Gasteiger partial charge in [-0.25, -0.2) is 0 Å². The first-order valence-electron chi connectivity index (χ1n) is 4.91. The second-order valence-corrected chi connectivity index (χ2v) is 4.46. The van der Waals surface area contributed by atoms with Gasteiger partial charge in [0.2, 0.25) is 0 Å². The van der Waals surface area contributed by atoms with Gasteiger partial charge in [0.05, 0.1) is 6.07 Å². The average Bonchev–Trinajstić information content (AvgIpc) is 2.09. The maximum absolute atomic E-state index is 8.85. The standard InChI is InChI=1S/C10H19N3/c1-10(2,8-11)12-9-4-6-13(3)7-5-9/h9,12H,4-7H2,1-3H3. The zero-order chi connectivity index (χ0) is 9.90. The zero-order valence-corrected chi connectivity index (χ0v) is 8.80. The van der Waals surface area contributed by atoms with Gasteiger partial charge in [-0.1, -0.05) is 0 Å². The number of hydrogen-bond donors (Lipinski definition) is 1. The first-order valence-corrected chi connectivity index (χ1v) is 4.91. The number of rotatable bonds is 2. The molecule has 0 aromatic heterocycles. The summed E-state index contributed by atoms with van der Waals surface area (Å²) in [6.07, 6.45) is 2.31. The third kappa shape index (κ3) is 3.33. The van der Waals surface area contributed by atoms with Gasteiger partial charge in [0.1, 0.15) is 5.54 Å². The molecular weight excluding hydrogens is 162 g/mol. The van der Waals surface area contributed by atoms with Crippen molar-refractivity contribution in [3.63, 3.8) is 0 Å². The number of piperidine rings is 1. The third-order valence-corrected chi connectivity index (χ3v) is 2.56. The van der Waals surface area contributed by atoms with E-state index in [1.165, 1.54) is 0 Å². The van der Waals surface area contributed by atoms with Crippen molar-refractivity contribution in [1.29, 1.82) is 5.26 Å². The van der Waals surface area contributed by atoms with Gasteiger partial charge in [0.15, 0.2) is 0 Å². The average molecular weight is 181 g/mol. The molecule has 0 radical (unpaired) electrons. The van der Waals surface area contributed by atoms with Crippen molar-refractivity contribution in [2.75, 3.05) is 20.1 Å². The van der Waals surface area contributed by atoms with Crippen molar-refractivity contribution in [3.8, 4) is 6.07 Å². The number of nitrogens with zero attached hydrogens (tertiary/aromatic N) is 2. The van der Waals surface area contributed by atoms with E-state index in [-0.39, 0.29) is 5.54 Å². The normalized spacial score (nSPS) is 21.4. The minimum Gasteiger partial charge on any atom is -0.306 e.